The second-order valence-electron chi connectivity index (χ2n) is 9.23. The Morgan fingerprint density at radius 2 is 1.82 bits per heavy atom. The van der Waals surface area contributed by atoms with Gasteiger partial charge in [-0.15, -0.1) is 0 Å². The Labute approximate surface area is 168 Å². The van der Waals surface area contributed by atoms with Crippen LogP contribution in [0, 0.1) is 11.8 Å². The molecule has 0 amide bonds. The van der Waals surface area contributed by atoms with E-state index >= 15 is 0 Å². The Balaban J connectivity index is 1.39. The van der Waals surface area contributed by atoms with Crippen molar-refractivity contribution in [3.63, 3.8) is 0 Å². The Hall–Kier alpha value is -0.320. The lowest BCUT2D eigenvalue weighted by molar-refractivity contribution is -0.0557. The molecule has 8 nitrogen and oxygen atoms in total. The van der Waals surface area contributed by atoms with Gasteiger partial charge in [-0.05, 0) is 31.1 Å². The summed E-state index contributed by atoms with van der Waals surface area (Å²) in [5, 5.41) is 29.2. The van der Waals surface area contributed by atoms with E-state index in [0.29, 0.717) is 6.04 Å². The van der Waals surface area contributed by atoms with Crippen LogP contribution in [0.4, 0.5) is 0 Å². The quantitative estimate of drug-likeness (QED) is 0.430. The van der Waals surface area contributed by atoms with Crippen LogP contribution in [0.15, 0.2) is 0 Å². The van der Waals surface area contributed by atoms with Crippen LogP contribution >= 0.6 is 0 Å². The Morgan fingerprint density at radius 3 is 2.57 bits per heavy atom. The highest BCUT2D eigenvalue weighted by Gasteiger charge is 2.40. The molecular weight excluding hydrogens is 358 g/mol. The van der Waals surface area contributed by atoms with Gasteiger partial charge < -0.3 is 14.9 Å². The summed E-state index contributed by atoms with van der Waals surface area (Å²) in [7, 11) is 0. The smallest absolute Gasteiger partial charge is 0.106 e. The molecule has 7 unspecified atom stereocenters. The third-order valence-electron chi connectivity index (χ3n) is 7.18. The van der Waals surface area contributed by atoms with Crippen LogP contribution in [0.2, 0.25) is 0 Å². The normalized spacial score (nSPS) is 42.5. The van der Waals surface area contributed by atoms with E-state index in [1.807, 2.05) is 0 Å². The zero-order valence-electron chi connectivity index (χ0n) is 17.2. The number of rotatable bonds is 5. The Bertz CT molecular complexity index is 492. The summed E-state index contributed by atoms with van der Waals surface area (Å²) in [4.78, 5) is 2.41. The van der Waals surface area contributed by atoms with Gasteiger partial charge in [0.1, 0.15) is 6.10 Å². The largest absolute Gasteiger partial charge is 0.394 e. The van der Waals surface area contributed by atoms with E-state index in [4.69, 9.17) is 4.74 Å². The van der Waals surface area contributed by atoms with Gasteiger partial charge in [0.25, 0.3) is 0 Å². The van der Waals surface area contributed by atoms with Crippen LogP contribution in [0.3, 0.4) is 0 Å². The molecular formula is C20H39N5O3. The van der Waals surface area contributed by atoms with Gasteiger partial charge in [-0.25, -0.2) is 5.01 Å². The van der Waals surface area contributed by atoms with Crippen molar-refractivity contribution in [3.05, 3.63) is 0 Å². The first-order valence-corrected chi connectivity index (χ1v) is 11.3. The number of aliphatic hydroxyl groups is 2. The van der Waals surface area contributed by atoms with E-state index in [2.05, 4.69) is 32.9 Å². The number of morpholine rings is 1. The third kappa shape index (κ3) is 4.87. The summed E-state index contributed by atoms with van der Waals surface area (Å²) in [6, 6.07) is 0.572. The van der Waals surface area contributed by atoms with Gasteiger partial charge in [-0.1, -0.05) is 19.8 Å². The zero-order chi connectivity index (χ0) is 19.5. The molecule has 7 atom stereocenters. The number of ether oxygens (including phenoxy) is 1. The lowest BCUT2D eigenvalue weighted by Gasteiger charge is -2.47. The van der Waals surface area contributed by atoms with Crippen molar-refractivity contribution in [1.82, 2.24) is 26.0 Å². The predicted octanol–water partition coefficient (Wildman–Crippen LogP) is -0.362. The number of hydrogen-bond acceptors (Lipinski definition) is 8. The lowest BCUT2D eigenvalue weighted by Crippen LogP contribution is -2.71. The second-order valence-corrected chi connectivity index (χ2v) is 9.23. The van der Waals surface area contributed by atoms with Gasteiger partial charge in [0.15, 0.2) is 0 Å². The van der Waals surface area contributed by atoms with Crippen LogP contribution in [-0.4, -0.2) is 90.2 Å². The average Bonchev–Trinajstić information content (AvgIpc) is 3.24. The van der Waals surface area contributed by atoms with Gasteiger partial charge in [0, 0.05) is 32.1 Å². The first kappa shape index (κ1) is 20.9. The molecule has 28 heavy (non-hydrogen) atoms. The maximum Gasteiger partial charge on any atom is 0.106 e. The highest BCUT2D eigenvalue weighted by molar-refractivity contribution is 4.93. The van der Waals surface area contributed by atoms with Crippen molar-refractivity contribution in [3.8, 4) is 0 Å². The van der Waals surface area contributed by atoms with E-state index in [-0.39, 0.29) is 25.1 Å². The van der Waals surface area contributed by atoms with Crippen LogP contribution in [-0.2, 0) is 4.74 Å². The summed E-state index contributed by atoms with van der Waals surface area (Å²) in [5.41, 5.74) is 3.81. The Morgan fingerprint density at radius 1 is 1.04 bits per heavy atom. The fraction of sp³-hybridized carbons (Fsp3) is 1.00. The van der Waals surface area contributed by atoms with Crippen molar-refractivity contribution < 1.29 is 14.9 Å². The van der Waals surface area contributed by atoms with Gasteiger partial charge in [0.2, 0.25) is 0 Å². The van der Waals surface area contributed by atoms with E-state index in [0.717, 1.165) is 51.1 Å². The zero-order valence-corrected chi connectivity index (χ0v) is 17.2. The minimum Gasteiger partial charge on any atom is -0.394 e. The molecule has 162 valence electrons. The number of hydrazine groups is 1. The van der Waals surface area contributed by atoms with Crippen molar-refractivity contribution in [2.75, 3.05) is 39.5 Å². The van der Waals surface area contributed by atoms with Crippen molar-refractivity contribution >= 4 is 0 Å². The van der Waals surface area contributed by atoms with Crippen LogP contribution in [0.25, 0.3) is 0 Å². The summed E-state index contributed by atoms with van der Waals surface area (Å²) in [6.45, 7) is 6.50. The minimum absolute atomic E-state index is 0.145. The maximum absolute atomic E-state index is 10.3. The standard InChI is InChI=1S/C20H39N5O3/c1-14-3-2-4-15(11-14)16-5-6-25(23-16)19-12-18(24-7-9-28-10-8-24)21-20(22-19)17(27)13-26/h14-23,26-27H,2-13H2,1H3. The highest BCUT2D eigenvalue weighted by Crippen LogP contribution is 2.33. The maximum atomic E-state index is 10.3. The van der Waals surface area contributed by atoms with Gasteiger partial charge in [-0.3, -0.25) is 21.0 Å². The summed E-state index contributed by atoms with van der Waals surface area (Å²) < 4.78 is 5.51. The van der Waals surface area contributed by atoms with E-state index < -0.39 is 6.10 Å². The molecule has 0 aromatic carbocycles. The molecule has 4 fully saturated rings. The fourth-order valence-electron chi connectivity index (χ4n) is 5.55. The molecule has 8 heteroatoms. The predicted molar refractivity (Wildman–Crippen MR) is 107 cm³/mol. The molecule has 1 aliphatic carbocycles. The number of nitrogens with one attached hydrogen (secondary N) is 3. The molecule has 4 rings (SSSR count). The molecule has 1 saturated carbocycles. The SMILES string of the molecule is CC1CCCC(C2CCN(C3CC(N4CCOCC4)NC(C(O)CO)N3)N2)C1. The second kappa shape index (κ2) is 9.66. The van der Waals surface area contributed by atoms with E-state index in [1.54, 1.807) is 0 Å². The van der Waals surface area contributed by atoms with Gasteiger partial charge >= 0.3 is 0 Å². The van der Waals surface area contributed by atoms with Crippen LogP contribution in [0.1, 0.15) is 45.4 Å². The third-order valence-corrected chi connectivity index (χ3v) is 7.18. The molecule has 0 bridgehead atoms. The number of aliphatic hydroxyl groups excluding tert-OH is 2. The summed E-state index contributed by atoms with van der Waals surface area (Å²) >= 11 is 0. The highest BCUT2D eigenvalue weighted by atomic mass is 16.5. The summed E-state index contributed by atoms with van der Waals surface area (Å²) in [5.74, 6) is 1.63. The van der Waals surface area contributed by atoms with Gasteiger partial charge in [0.05, 0.1) is 38.3 Å². The first-order chi connectivity index (χ1) is 13.6. The van der Waals surface area contributed by atoms with Crippen LogP contribution in [0.5, 0.6) is 0 Å². The molecule has 0 aromatic rings. The molecule has 3 saturated heterocycles. The topological polar surface area (TPSA) is 92.3 Å². The van der Waals surface area contributed by atoms with Gasteiger partial charge in [-0.2, -0.15) is 0 Å². The van der Waals surface area contributed by atoms with Crippen LogP contribution < -0.4 is 16.1 Å². The molecule has 4 aliphatic rings. The van der Waals surface area contributed by atoms with E-state index in [1.165, 1.54) is 32.1 Å². The molecule has 5 N–H and O–H groups in total. The number of hydrogen-bond donors (Lipinski definition) is 5. The van der Waals surface area contributed by atoms with Crippen molar-refractivity contribution in [2.45, 2.75) is 76.1 Å². The first-order valence-electron chi connectivity index (χ1n) is 11.3. The van der Waals surface area contributed by atoms with Crippen molar-refractivity contribution in [1.29, 1.82) is 0 Å². The fourth-order valence-corrected chi connectivity index (χ4v) is 5.55. The molecule has 0 aromatic heterocycles. The minimum atomic E-state index is -0.816. The monoisotopic (exact) mass is 397 g/mol. The van der Waals surface area contributed by atoms with E-state index in [9.17, 15) is 10.2 Å². The average molecular weight is 398 g/mol. The molecule has 3 aliphatic heterocycles. The molecule has 3 heterocycles. The Kier molecular flexibility index (Phi) is 7.22. The lowest BCUT2D eigenvalue weighted by atomic mass is 9.78. The summed E-state index contributed by atoms with van der Waals surface area (Å²) in [6.07, 6.45) is 6.75. The molecule has 0 radical (unpaired) electrons. The number of nitrogens with zero attached hydrogens (tertiary/aromatic N) is 2. The van der Waals surface area contributed by atoms with Crippen molar-refractivity contribution in [2.24, 2.45) is 11.8 Å². The molecule has 0 spiro atoms.